The number of hydrogen-bond donors (Lipinski definition) is 2. The molecule has 2 aromatic heterocycles. The zero-order chi connectivity index (χ0) is 14.8. The van der Waals surface area contributed by atoms with E-state index in [4.69, 9.17) is 0 Å². The van der Waals surface area contributed by atoms with Crippen molar-refractivity contribution in [3.63, 3.8) is 0 Å². The molecule has 0 radical (unpaired) electrons. The zero-order valence-electron chi connectivity index (χ0n) is 12.1. The molecule has 0 fully saturated rings. The second-order valence-electron chi connectivity index (χ2n) is 5.18. The highest BCUT2D eigenvalue weighted by Crippen LogP contribution is 2.22. The molecule has 0 aliphatic heterocycles. The van der Waals surface area contributed by atoms with Crippen molar-refractivity contribution >= 4 is 22.5 Å². The number of nitrogens with zero attached hydrogens (tertiary/aromatic N) is 1. The van der Waals surface area contributed by atoms with Crippen molar-refractivity contribution in [2.24, 2.45) is 0 Å². The van der Waals surface area contributed by atoms with E-state index in [1.165, 1.54) is 0 Å². The number of rotatable bonds is 3. The van der Waals surface area contributed by atoms with Crippen LogP contribution in [0.5, 0.6) is 0 Å². The van der Waals surface area contributed by atoms with Gasteiger partial charge in [0.05, 0.1) is 6.42 Å². The van der Waals surface area contributed by atoms with Gasteiger partial charge in [0.15, 0.2) is 0 Å². The van der Waals surface area contributed by atoms with E-state index in [9.17, 15) is 4.79 Å². The minimum absolute atomic E-state index is 0.0200. The van der Waals surface area contributed by atoms with Gasteiger partial charge in [-0.15, -0.1) is 0 Å². The summed E-state index contributed by atoms with van der Waals surface area (Å²) in [7, 11) is 0. The summed E-state index contributed by atoms with van der Waals surface area (Å²) in [5.74, 6) is -0.0200. The molecule has 0 aliphatic carbocycles. The number of fused-ring (bicyclic) bond motifs is 1. The molecule has 4 heteroatoms. The number of aromatic nitrogens is 2. The van der Waals surface area contributed by atoms with Crippen LogP contribution >= 0.6 is 0 Å². The van der Waals surface area contributed by atoms with Gasteiger partial charge in [-0.2, -0.15) is 0 Å². The summed E-state index contributed by atoms with van der Waals surface area (Å²) in [5.41, 5.74) is 4.82. The third-order valence-corrected chi connectivity index (χ3v) is 3.54. The van der Waals surface area contributed by atoms with Crippen LogP contribution < -0.4 is 5.32 Å². The van der Waals surface area contributed by atoms with Gasteiger partial charge < -0.3 is 10.3 Å². The normalized spacial score (nSPS) is 10.8. The number of aryl methyl sites for hydroxylation is 2. The molecule has 106 valence electrons. The molecule has 3 aromatic rings. The second kappa shape index (κ2) is 5.40. The number of amides is 1. The van der Waals surface area contributed by atoms with Gasteiger partial charge in [0, 0.05) is 34.2 Å². The summed E-state index contributed by atoms with van der Waals surface area (Å²) in [4.78, 5) is 19.7. The van der Waals surface area contributed by atoms with Gasteiger partial charge in [0.2, 0.25) is 5.91 Å². The van der Waals surface area contributed by atoms with Crippen molar-refractivity contribution in [3.05, 3.63) is 59.5 Å². The molecular formula is C17H17N3O. The molecule has 21 heavy (non-hydrogen) atoms. The predicted octanol–water partition coefficient (Wildman–Crippen LogP) is 3.36. The third kappa shape index (κ3) is 2.79. The van der Waals surface area contributed by atoms with Crippen LogP contribution in [0.2, 0.25) is 0 Å². The maximum Gasteiger partial charge on any atom is 0.228 e. The van der Waals surface area contributed by atoms with E-state index in [2.05, 4.69) is 15.3 Å². The van der Waals surface area contributed by atoms with Crippen LogP contribution in [0.25, 0.3) is 10.9 Å². The Morgan fingerprint density at radius 3 is 2.86 bits per heavy atom. The highest BCUT2D eigenvalue weighted by Gasteiger charge is 2.12. The third-order valence-electron chi connectivity index (χ3n) is 3.54. The summed E-state index contributed by atoms with van der Waals surface area (Å²) in [6.45, 7) is 3.90. The fourth-order valence-electron chi connectivity index (χ4n) is 2.55. The van der Waals surface area contributed by atoms with Gasteiger partial charge in [-0.1, -0.05) is 18.2 Å². The van der Waals surface area contributed by atoms with Crippen LogP contribution in [0.4, 0.5) is 5.69 Å². The summed E-state index contributed by atoms with van der Waals surface area (Å²) in [6, 6.07) is 11.7. The molecule has 0 spiro atoms. The minimum atomic E-state index is -0.0200. The molecule has 1 aromatic carbocycles. The molecule has 0 atom stereocenters. The maximum atomic E-state index is 12.2. The van der Waals surface area contributed by atoms with E-state index < -0.39 is 0 Å². The largest absolute Gasteiger partial charge is 0.358 e. The summed E-state index contributed by atoms with van der Waals surface area (Å²) >= 11 is 0. The SMILES string of the molecule is Cc1cc(NC(=O)Cc2c(C)[nH]c3ccccc23)ccn1. The molecule has 2 N–H and O–H groups in total. The van der Waals surface area contributed by atoms with Crippen LogP contribution in [0.15, 0.2) is 42.6 Å². The summed E-state index contributed by atoms with van der Waals surface area (Å²) in [6.07, 6.45) is 2.05. The lowest BCUT2D eigenvalue weighted by molar-refractivity contribution is -0.115. The van der Waals surface area contributed by atoms with E-state index in [0.29, 0.717) is 6.42 Å². The van der Waals surface area contributed by atoms with Crippen molar-refractivity contribution in [1.82, 2.24) is 9.97 Å². The smallest absolute Gasteiger partial charge is 0.228 e. The quantitative estimate of drug-likeness (QED) is 0.772. The standard InChI is InChI=1S/C17H17N3O/c1-11-9-13(7-8-18-11)20-17(21)10-15-12(2)19-16-6-4-3-5-14(15)16/h3-9,19H,10H2,1-2H3,(H,18,20,21). The second-order valence-corrected chi connectivity index (χ2v) is 5.18. The van der Waals surface area contributed by atoms with Crippen LogP contribution in [-0.2, 0) is 11.2 Å². The first-order valence-electron chi connectivity index (χ1n) is 6.92. The predicted molar refractivity (Wildman–Crippen MR) is 84.3 cm³/mol. The molecule has 2 heterocycles. The number of carbonyl (C=O) groups is 1. The molecule has 4 nitrogen and oxygen atoms in total. The van der Waals surface area contributed by atoms with Gasteiger partial charge in [-0.05, 0) is 37.6 Å². The van der Waals surface area contributed by atoms with Crippen LogP contribution in [0.3, 0.4) is 0 Å². The van der Waals surface area contributed by atoms with Crippen molar-refractivity contribution in [2.45, 2.75) is 20.3 Å². The van der Waals surface area contributed by atoms with Crippen molar-refractivity contribution < 1.29 is 4.79 Å². The van der Waals surface area contributed by atoms with Crippen molar-refractivity contribution in [1.29, 1.82) is 0 Å². The molecular weight excluding hydrogens is 262 g/mol. The number of anilines is 1. The molecule has 1 amide bonds. The first-order valence-corrected chi connectivity index (χ1v) is 6.92. The van der Waals surface area contributed by atoms with Gasteiger partial charge in [-0.3, -0.25) is 9.78 Å². The number of para-hydroxylation sites is 1. The van der Waals surface area contributed by atoms with Gasteiger partial charge in [0.1, 0.15) is 0 Å². The van der Waals surface area contributed by atoms with E-state index in [-0.39, 0.29) is 5.91 Å². The van der Waals surface area contributed by atoms with E-state index >= 15 is 0 Å². The molecule has 0 saturated carbocycles. The van der Waals surface area contributed by atoms with Gasteiger partial charge >= 0.3 is 0 Å². The fourth-order valence-corrected chi connectivity index (χ4v) is 2.55. The van der Waals surface area contributed by atoms with E-state index in [0.717, 1.165) is 33.5 Å². The monoisotopic (exact) mass is 279 g/mol. The average Bonchev–Trinajstić information content (AvgIpc) is 2.75. The Kier molecular flexibility index (Phi) is 3.44. The topological polar surface area (TPSA) is 57.8 Å². The first-order chi connectivity index (χ1) is 10.1. The Labute approximate surface area is 123 Å². The van der Waals surface area contributed by atoms with Crippen molar-refractivity contribution in [3.8, 4) is 0 Å². The Bertz CT molecular complexity index is 805. The molecule has 0 bridgehead atoms. The van der Waals surface area contributed by atoms with Crippen molar-refractivity contribution in [2.75, 3.05) is 5.32 Å². The first kappa shape index (κ1) is 13.4. The molecule has 3 rings (SSSR count). The maximum absolute atomic E-state index is 12.2. The van der Waals surface area contributed by atoms with Gasteiger partial charge in [0.25, 0.3) is 0 Å². The molecule has 0 aliphatic rings. The van der Waals surface area contributed by atoms with Gasteiger partial charge in [-0.25, -0.2) is 0 Å². The zero-order valence-corrected chi connectivity index (χ0v) is 12.1. The Hall–Kier alpha value is -2.62. The summed E-state index contributed by atoms with van der Waals surface area (Å²) in [5, 5.41) is 4.03. The van der Waals surface area contributed by atoms with E-state index in [1.807, 2.05) is 44.2 Å². The highest BCUT2D eigenvalue weighted by atomic mass is 16.1. The number of carbonyl (C=O) groups excluding carboxylic acids is 1. The summed E-state index contributed by atoms with van der Waals surface area (Å²) < 4.78 is 0. The lowest BCUT2D eigenvalue weighted by Crippen LogP contribution is -2.14. The molecule has 0 unspecified atom stereocenters. The van der Waals surface area contributed by atoms with E-state index in [1.54, 1.807) is 12.3 Å². The van der Waals surface area contributed by atoms with Crippen LogP contribution in [0, 0.1) is 13.8 Å². The number of nitrogens with one attached hydrogen (secondary N) is 2. The Morgan fingerprint density at radius 1 is 1.24 bits per heavy atom. The Balaban J connectivity index is 1.82. The number of hydrogen-bond acceptors (Lipinski definition) is 2. The minimum Gasteiger partial charge on any atom is -0.358 e. The number of benzene rings is 1. The highest BCUT2D eigenvalue weighted by molar-refractivity contribution is 5.96. The molecule has 0 saturated heterocycles. The number of H-pyrrole nitrogens is 1. The lowest BCUT2D eigenvalue weighted by Gasteiger charge is -2.06. The Morgan fingerprint density at radius 2 is 2.05 bits per heavy atom. The van der Waals surface area contributed by atoms with Crippen LogP contribution in [-0.4, -0.2) is 15.9 Å². The number of aromatic amines is 1. The number of pyridine rings is 1. The lowest BCUT2D eigenvalue weighted by atomic mass is 10.1. The fraction of sp³-hybridized carbons (Fsp3) is 0.176. The van der Waals surface area contributed by atoms with Crippen LogP contribution in [0.1, 0.15) is 17.0 Å². The average molecular weight is 279 g/mol.